The molecule has 1 aliphatic heterocycles. The van der Waals surface area contributed by atoms with E-state index >= 15 is 0 Å². The van der Waals surface area contributed by atoms with Crippen molar-refractivity contribution in [3.63, 3.8) is 0 Å². The largest absolute Gasteiger partial charge is 0.394 e. The van der Waals surface area contributed by atoms with Gasteiger partial charge in [-0.05, 0) is 0 Å². The molecule has 0 radical (unpaired) electrons. The molecule has 1 aliphatic rings. The minimum Gasteiger partial charge on any atom is -0.394 e. The second-order valence-electron chi connectivity index (χ2n) is 5.37. The summed E-state index contributed by atoms with van der Waals surface area (Å²) in [6.45, 7) is -0.657. The number of thiol groups is 1. The molecule has 1 unspecified atom stereocenters. The molecule has 11 heteroatoms. The van der Waals surface area contributed by atoms with Gasteiger partial charge in [-0.1, -0.05) is 19.2 Å². The quantitative estimate of drug-likeness (QED) is 0.210. The number of rotatable bonds is 12. The first kappa shape index (κ1) is 22.3. The fraction of sp³-hybridized carbons (Fsp3) is 1.00. The van der Waals surface area contributed by atoms with Gasteiger partial charge in [-0.25, -0.2) is 4.57 Å². The monoisotopic (exact) mass is 390 g/mol. The standard InChI is InChI=1S/C13H27O9PS/c1-10-11(15)8-13(22-12(10)9-14)20-6-4-18-2-3-19-5-7-21-23(16,17)24/h10-15H,2-9H2,1H3,(H2,16,17,24)/t10-,11-,12-,13-/m1/s1. The van der Waals surface area contributed by atoms with Crippen molar-refractivity contribution in [1.29, 1.82) is 0 Å². The van der Waals surface area contributed by atoms with Crippen LogP contribution in [0.4, 0.5) is 0 Å². The summed E-state index contributed by atoms with van der Waals surface area (Å²) in [5, 5.41) is 19.1. The molecule has 0 spiro atoms. The number of ether oxygens (including phenoxy) is 4. The zero-order chi connectivity index (χ0) is 18.0. The van der Waals surface area contributed by atoms with E-state index in [0.29, 0.717) is 32.8 Å². The van der Waals surface area contributed by atoms with Crippen LogP contribution >= 0.6 is 19.0 Å². The number of aliphatic hydroxyl groups is 2. The zero-order valence-corrected chi connectivity index (χ0v) is 15.4. The fourth-order valence-corrected chi connectivity index (χ4v) is 2.68. The zero-order valence-electron chi connectivity index (χ0n) is 13.7. The number of hydrogen-bond donors (Lipinski definition) is 4. The van der Waals surface area contributed by atoms with Crippen LogP contribution in [0.5, 0.6) is 0 Å². The van der Waals surface area contributed by atoms with Crippen LogP contribution in [-0.2, 0) is 28.0 Å². The molecular formula is C13H27O9PS. The molecule has 144 valence electrons. The van der Waals surface area contributed by atoms with Crippen molar-refractivity contribution in [2.75, 3.05) is 46.2 Å². The summed E-state index contributed by atoms with van der Waals surface area (Å²) >= 11 is 3.36. The van der Waals surface area contributed by atoms with Gasteiger partial charge >= 0.3 is 6.80 Å². The Morgan fingerprint density at radius 3 is 2.33 bits per heavy atom. The second-order valence-corrected chi connectivity index (χ2v) is 8.12. The lowest BCUT2D eigenvalue weighted by Gasteiger charge is -2.37. The van der Waals surface area contributed by atoms with E-state index in [9.17, 15) is 14.8 Å². The minimum absolute atomic E-state index is 0.0216. The Bertz CT molecular complexity index is 380. The highest BCUT2D eigenvalue weighted by Crippen LogP contribution is 2.46. The van der Waals surface area contributed by atoms with Crippen LogP contribution < -0.4 is 0 Å². The SMILES string of the molecule is C[C@@H]1[C@H](O)C[C@H](OCCOCCOCCOP(=O)(O)S)O[C@@H]1CO. The maximum atomic E-state index is 10.7. The van der Waals surface area contributed by atoms with Crippen molar-refractivity contribution in [2.45, 2.75) is 31.8 Å². The highest BCUT2D eigenvalue weighted by atomic mass is 32.7. The molecule has 0 aromatic carbocycles. The molecule has 1 rings (SSSR count). The van der Waals surface area contributed by atoms with E-state index in [2.05, 4.69) is 16.8 Å². The van der Waals surface area contributed by atoms with Crippen LogP contribution in [0, 0.1) is 5.92 Å². The van der Waals surface area contributed by atoms with Gasteiger partial charge in [0, 0.05) is 12.3 Å². The van der Waals surface area contributed by atoms with Gasteiger partial charge in [-0.15, -0.1) is 0 Å². The first-order valence-corrected chi connectivity index (χ1v) is 10.5. The number of aliphatic hydroxyl groups excluding tert-OH is 2. The Morgan fingerprint density at radius 1 is 1.17 bits per heavy atom. The van der Waals surface area contributed by atoms with Gasteiger partial charge in [0.1, 0.15) is 0 Å². The van der Waals surface area contributed by atoms with E-state index < -0.39 is 25.3 Å². The third-order valence-corrected chi connectivity index (χ3v) is 4.39. The lowest BCUT2D eigenvalue weighted by molar-refractivity contribution is -0.243. The predicted octanol–water partition coefficient (Wildman–Crippen LogP) is 0.187. The van der Waals surface area contributed by atoms with Gasteiger partial charge < -0.3 is 34.1 Å². The van der Waals surface area contributed by atoms with Crippen molar-refractivity contribution in [2.24, 2.45) is 5.92 Å². The highest BCUT2D eigenvalue weighted by molar-refractivity contribution is 8.44. The van der Waals surface area contributed by atoms with Crippen LogP contribution in [0.2, 0.25) is 0 Å². The van der Waals surface area contributed by atoms with E-state index in [-0.39, 0.29) is 25.7 Å². The third-order valence-electron chi connectivity index (χ3n) is 3.52. The lowest BCUT2D eigenvalue weighted by Crippen LogP contribution is -2.45. The molecule has 1 heterocycles. The Labute approximate surface area is 146 Å². The molecule has 0 bridgehead atoms. The van der Waals surface area contributed by atoms with Gasteiger partial charge in [0.2, 0.25) is 0 Å². The van der Waals surface area contributed by atoms with Crippen molar-refractivity contribution >= 4 is 19.0 Å². The molecule has 1 fully saturated rings. The van der Waals surface area contributed by atoms with Crippen LogP contribution in [-0.4, -0.2) is 79.9 Å². The second kappa shape index (κ2) is 11.8. The summed E-state index contributed by atoms with van der Waals surface area (Å²) in [5.41, 5.74) is 0. The van der Waals surface area contributed by atoms with E-state index in [1.54, 1.807) is 0 Å². The maximum Gasteiger partial charge on any atom is 0.383 e. The molecule has 3 N–H and O–H groups in total. The minimum atomic E-state index is -3.74. The Balaban J connectivity index is 1.96. The summed E-state index contributed by atoms with van der Waals surface area (Å²) < 4.78 is 36.7. The van der Waals surface area contributed by atoms with E-state index in [4.69, 9.17) is 23.8 Å². The van der Waals surface area contributed by atoms with Crippen LogP contribution in [0.25, 0.3) is 0 Å². The average Bonchev–Trinajstić information content (AvgIpc) is 2.51. The molecular weight excluding hydrogens is 363 g/mol. The molecule has 24 heavy (non-hydrogen) atoms. The first-order valence-electron chi connectivity index (χ1n) is 7.75. The Kier molecular flexibility index (Phi) is 11.0. The molecule has 0 aliphatic carbocycles. The summed E-state index contributed by atoms with van der Waals surface area (Å²) in [4.78, 5) is 8.75. The maximum absolute atomic E-state index is 10.7. The summed E-state index contributed by atoms with van der Waals surface area (Å²) in [5.74, 6) is -0.130. The normalized spacial score (nSPS) is 30.2. The van der Waals surface area contributed by atoms with Crippen LogP contribution in [0.15, 0.2) is 0 Å². The first-order chi connectivity index (χ1) is 11.3. The van der Waals surface area contributed by atoms with Crippen molar-refractivity contribution in [3.8, 4) is 0 Å². The number of hydrogen-bond acceptors (Lipinski definition) is 8. The highest BCUT2D eigenvalue weighted by Gasteiger charge is 2.34. The molecule has 0 amide bonds. The summed E-state index contributed by atoms with van der Waals surface area (Å²) in [7, 11) is 0. The lowest BCUT2D eigenvalue weighted by atomic mass is 9.93. The molecule has 0 aromatic heterocycles. The van der Waals surface area contributed by atoms with Gasteiger partial charge in [0.25, 0.3) is 0 Å². The summed E-state index contributed by atoms with van der Waals surface area (Å²) in [6.07, 6.45) is -1.19. The van der Waals surface area contributed by atoms with Gasteiger partial charge in [0.05, 0.1) is 58.5 Å². The van der Waals surface area contributed by atoms with Crippen LogP contribution in [0.1, 0.15) is 13.3 Å². The van der Waals surface area contributed by atoms with Gasteiger partial charge in [0.15, 0.2) is 6.29 Å². The molecule has 1 saturated heterocycles. The molecule has 0 saturated carbocycles. The van der Waals surface area contributed by atoms with Gasteiger partial charge in [-0.3, -0.25) is 4.52 Å². The smallest absolute Gasteiger partial charge is 0.383 e. The predicted molar refractivity (Wildman–Crippen MR) is 87.9 cm³/mol. The van der Waals surface area contributed by atoms with E-state index in [0.717, 1.165) is 0 Å². The summed E-state index contributed by atoms with van der Waals surface area (Å²) in [6, 6.07) is 0. The fourth-order valence-electron chi connectivity index (χ4n) is 2.13. The topological polar surface area (TPSA) is 124 Å². The average molecular weight is 390 g/mol. The molecule has 0 aromatic rings. The van der Waals surface area contributed by atoms with E-state index in [1.807, 2.05) is 6.92 Å². The van der Waals surface area contributed by atoms with E-state index in [1.165, 1.54) is 0 Å². The van der Waals surface area contributed by atoms with Crippen LogP contribution in [0.3, 0.4) is 0 Å². The Hall–Kier alpha value is 0.260. The Morgan fingerprint density at radius 2 is 1.75 bits per heavy atom. The molecule has 5 atom stereocenters. The third kappa shape index (κ3) is 9.67. The molecule has 9 nitrogen and oxygen atoms in total. The van der Waals surface area contributed by atoms with Crippen molar-refractivity contribution in [1.82, 2.24) is 0 Å². The van der Waals surface area contributed by atoms with Crippen molar-refractivity contribution < 1.29 is 43.1 Å². The van der Waals surface area contributed by atoms with Crippen molar-refractivity contribution in [3.05, 3.63) is 0 Å². The van der Waals surface area contributed by atoms with Gasteiger partial charge in [-0.2, -0.15) is 0 Å².